The molecule has 2 aromatic carbocycles. The fourth-order valence-electron chi connectivity index (χ4n) is 2.43. The summed E-state index contributed by atoms with van der Waals surface area (Å²) >= 11 is 6.02. The minimum atomic E-state index is -0.986. The number of rotatable bonds is 3. The Bertz CT molecular complexity index is 700. The lowest BCUT2D eigenvalue weighted by Gasteiger charge is -2.24. The lowest BCUT2D eigenvalue weighted by Crippen LogP contribution is -2.18. The first kappa shape index (κ1) is 13.6. The summed E-state index contributed by atoms with van der Waals surface area (Å²) in [6.07, 6.45) is 0.367. The predicted octanol–water partition coefficient (Wildman–Crippen LogP) is 3.73. The molecule has 21 heavy (non-hydrogen) atoms. The number of hydrogen-bond acceptors (Lipinski definition) is 3. The molecule has 0 fully saturated rings. The molecule has 0 bridgehead atoms. The normalized spacial score (nSPS) is 17.7. The molecule has 4 nitrogen and oxygen atoms in total. The van der Waals surface area contributed by atoms with Crippen LogP contribution in [0.25, 0.3) is 0 Å². The van der Waals surface area contributed by atoms with Gasteiger partial charge in [0.05, 0.1) is 11.7 Å². The zero-order valence-electron chi connectivity index (χ0n) is 11.1. The average Bonchev–Trinajstić information content (AvgIpc) is 2.93. The van der Waals surface area contributed by atoms with Crippen molar-refractivity contribution in [2.75, 3.05) is 5.01 Å². The molecule has 0 saturated carbocycles. The van der Waals surface area contributed by atoms with Crippen LogP contribution in [0.15, 0.2) is 59.7 Å². The van der Waals surface area contributed by atoms with Gasteiger partial charge in [0.25, 0.3) is 0 Å². The summed E-state index contributed by atoms with van der Waals surface area (Å²) in [5.41, 5.74) is 1.97. The first-order valence-corrected chi connectivity index (χ1v) is 6.93. The number of halogens is 1. The van der Waals surface area contributed by atoms with Crippen LogP contribution in [0, 0.1) is 0 Å². The van der Waals surface area contributed by atoms with Crippen LogP contribution in [0.3, 0.4) is 0 Å². The molecule has 1 unspecified atom stereocenters. The number of carboxylic acids is 1. The number of anilines is 1. The van der Waals surface area contributed by atoms with E-state index in [0.717, 1.165) is 11.3 Å². The molecule has 0 aliphatic carbocycles. The van der Waals surface area contributed by atoms with Gasteiger partial charge in [-0.15, -0.1) is 0 Å². The van der Waals surface area contributed by atoms with Gasteiger partial charge in [0.15, 0.2) is 0 Å². The number of carbonyl (C=O) groups is 1. The maximum atomic E-state index is 11.2. The van der Waals surface area contributed by atoms with Gasteiger partial charge in [-0.05, 0) is 23.8 Å². The van der Waals surface area contributed by atoms with E-state index in [-0.39, 0.29) is 11.8 Å². The van der Waals surface area contributed by atoms with Gasteiger partial charge in [0.2, 0.25) is 0 Å². The molecule has 0 amide bonds. The van der Waals surface area contributed by atoms with E-state index in [2.05, 4.69) is 5.10 Å². The largest absolute Gasteiger partial charge is 0.477 e. The second-order valence-electron chi connectivity index (χ2n) is 4.81. The Labute approximate surface area is 127 Å². The van der Waals surface area contributed by atoms with Gasteiger partial charge >= 0.3 is 5.97 Å². The Balaban J connectivity index is 2.02. The molecule has 1 aliphatic rings. The van der Waals surface area contributed by atoms with Crippen molar-refractivity contribution in [2.45, 2.75) is 12.5 Å². The molecule has 0 spiro atoms. The van der Waals surface area contributed by atoms with E-state index < -0.39 is 5.97 Å². The summed E-state index contributed by atoms with van der Waals surface area (Å²) in [5.74, 6) is -0.986. The van der Waals surface area contributed by atoms with Crippen molar-refractivity contribution in [3.05, 3.63) is 65.2 Å². The van der Waals surface area contributed by atoms with Crippen LogP contribution in [-0.2, 0) is 4.79 Å². The fraction of sp³-hybridized carbons (Fsp3) is 0.125. The molecule has 2 aromatic rings. The molecule has 1 heterocycles. The molecule has 106 valence electrons. The van der Waals surface area contributed by atoms with E-state index in [1.165, 1.54) is 0 Å². The van der Waals surface area contributed by atoms with Crippen LogP contribution < -0.4 is 5.01 Å². The Morgan fingerprint density at radius 2 is 1.95 bits per heavy atom. The Kier molecular flexibility index (Phi) is 3.62. The Morgan fingerprint density at radius 3 is 2.62 bits per heavy atom. The van der Waals surface area contributed by atoms with Crippen LogP contribution in [0.4, 0.5) is 5.69 Å². The second-order valence-corrected chi connectivity index (χ2v) is 5.24. The van der Waals surface area contributed by atoms with Gasteiger partial charge in [-0.25, -0.2) is 4.79 Å². The van der Waals surface area contributed by atoms with Crippen molar-refractivity contribution in [2.24, 2.45) is 5.10 Å². The molecule has 1 N–H and O–H groups in total. The van der Waals surface area contributed by atoms with Crippen molar-refractivity contribution in [3.63, 3.8) is 0 Å². The SMILES string of the molecule is O=C(O)C1=NN(c2cccc(Cl)c2)C(c2ccccc2)C1. The molecule has 1 aliphatic heterocycles. The molecular formula is C16H13ClN2O2. The first-order chi connectivity index (χ1) is 10.1. The number of hydrazone groups is 1. The van der Waals surface area contributed by atoms with Gasteiger partial charge in [-0.2, -0.15) is 5.10 Å². The Morgan fingerprint density at radius 1 is 1.19 bits per heavy atom. The van der Waals surface area contributed by atoms with Gasteiger partial charge in [0, 0.05) is 11.4 Å². The van der Waals surface area contributed by atoms with Gasteiger partial charge in [0.1, 0.15) is 5.71 Å². The van der Waals surface area contributed by atoms with Crippen molar-refractivity contribution < 1.29 is 9.90 Å². The van der Waals surface area contributed by atoms with E-state index in [4.69, 9.17) is 11.6 Å². The second kappa shape index (κ2) is 5.58. The number of hydrogen-bond donors (Lipinski definition) is 1. The highest BCUT2D eigenvalue weighted by Crippen LogP contribution is 2.35. The van der Waals surface area contributed by atoms with E-state index in [1.54, 1.807) is 17.1 Å². The minimum absolute atomic E-state index is 0.129. The molecular weight excluding hydrogens is 288 g/mol. The lowest BCUT2D eigenvalue weighted by molar-refractivity contribution is -0.129. The van der Waals surface area contributed by atoms with Crippen LogP contribution in [0.1, 0.15) is 18.0 Å². The summed E-state index contributed by atoms with van der Waals surface area (Å²) in [6.45, 7) is 0. The molecule has 3 rings (SSSR count). The maximum absolute atomic E-state index is 11.2. The topological polar surface area (TPSA) is 52.9 Å². The van der Waals surface area contributed by atoms with E-state index in [1.807, 2.05) is 42.5 Å². The predicted molar refractivity (Wildman–Crippen MR) is 82.8 cm³/mol. The molecule has 5 heteroatoms. The van der Waals surface area contributed by atoms with Gasteiger partial charge in [-0.1, -0.05) is 48.0 Å². The molecule has 0 saturated heterocycles. The zero-order chi connectivity index (χ0) is 14.8. The van der Waals surface area contributed by atoms with E-state index in [9.17, 15) is 9.90 Å². The third-order valence-corrected chi connectivity index (χ3v) is 3.65. The van der Waals surface area contributed by atoms with Gasteiger partial charge < -0.3 is 5.11 Å². The fourth-order valence-corrected chi connectivity index (χ4v) is 2.62. The van der Waals surface area contributed by atoms with E-state index in [0.29, 0.717) is 11.4 Å². The van der Waals surface area contributed by atoms with Crippen LogP contribution >= 0.6 is 11.6 Å². The standard InChI is InChI=1S/C16H13ClN2O2/c17-12-7-4-8-13(9-12)19-15(10-14(18-19)16(20)21)11-5-2-1-3-6-11/h1-9,15H,10H2,(H,20,21). The molecule has 0 aromatic heterocycles. The summed E-state index contributed by atoms with van der Waals surface area (Å²) < 4.78 is 0. The molecule has 1 atom stereocenters. The summed E-state index contributed by atoms with van der Waals surface area (Å²) in [7, 11) is 0. The summed E-state index contributed by atoms with van der Waals surface area (Å²) in [6, 6.07) is 16.9. The third-order valence-electron chi connectivity index (χ3n) is 3.41. The first-order valence-electron chi connectivity index (χ1n) is 6.55. The van der Waals surface area contributed by atoms with Crippen LogP contribution in [0.5, 0.6) is 0 Å². The van der Waals surface area contributed by atoms with Gasteiger partial charge in [-0.3, -0.25) is 5.01 Å². The van der Waals surface area contributed by atoms with Crippen molar-refractivity contribution in [3.8, 4) is 0 Å². The highest BCUT2D eigenvalue weighted by Gasteiger charge is 2.32. The Hall–Kier alpha value is -2.33. The van der Waals surface area contributed by atoms with Crippen molar-refractivity contribution in [1.82, 2.24) is 0 Å². The highest BCUT2D eigenvalue weighted by atomic mass is 35.5. The minimum Gasteiger partial charge on any atom is -0.477 e. The number of nitrogens with zero attached hydrogens (tertiary/aromatic N) is 2. The van der Waals surface area contributed by atoms with Crippen LogP contribution in [0.2, 0.25) is 5.02 Å². The number of aliphatic carboxylic acids is 1. The smallest absolute Gasteiger partial charge is 0.352 e. The van der Waals surface area contributed by atoms with Crippen molar-refractivity contribution in [1.29, 1.82) is 0 Å². The summed E-state index contributed by atoms with van der Waals surface area (Å²) in [5, 5.41) is 15.8. The van der Waals surface area contributed by atoms with E-state index >= 15 is 0 Å². The van der Waals surface area contributed by atoms with Crippen LogP contribution in [-0.4, -0.2) is 16.8 Å². The third kappa shape index (κ3) is 2.76. The molecule has 0 radical (unpaired) electrons. The quantitative estimate of drug-likeness (QED) is 0.939. The summed E-state index contributed by atoms with van der Waals surface area (Å²) in [4.78, 5) is 11.2. The number of benzene rings is 2. The zero-order valence-corrected chi connectivity index (χ0v) is 11.9. The maximum Gasteiger partial charge on any atom is 0.352 e. The highest BCUT2D eigenvalue weighted by molar-refractivity contribution is 6.36. The lowest BCUT2D eigenvalue weighted by atomic mass is 10.0. The number of carboxylic acid groups (broad SMARTS) is 1. The van der Waals surface area contributed by atoms with Crippen molar-refractivity contribution >= 4 is 29.0 Å². The average molecular weight is 301 g/mol. The monoisotopic (exact) mass is 300 g/mol.